The molecule has 12 heavy (non-hydrogen) atoms. The van der Waals surface area contributed by atoms with Gasteiger partial charge in [0, 0.05) is 7.11 Å². The molecule has 1 N–H and O–H groups in total. The molecule has 2 nitrogen and oxygen atoms in total. The van der Waals surface area contributed by atoms with Crippen LogP contribution in [0.3, 0.4) is 0 Å². The average Bonchev–Trinajstić information content (AvgIpc) is 2.21. The first-order chi connectivity index (χ1) is 5.86. The van der Waals surface area contributed by atoms with Crippen molar-refractivity contribution in [3.8, 4) is 5.75 Å². The van der Waals surface area contributed by atoms with E-state index in [2.05, 4.69) is 6.58 Å². The lowest BCUT2D eigenvalue weighted by molar-refractivity contribution is 0.399. The molecule has 66 valence electrons. The molecule has 1 rings (SSSR count). The number of hydrogen-bond donors (Lipinski definition) is 1. The van der Waals surface area contributed by atoms with Gasteiger partial charge in [0.15, 0.2) is 0 Å². The summed E-state index contributed by atoms with van der Waals surface area (Å²) in [7, 11) is 2.66. The fraction of sp³-hybridized carbons (Fsp3) is 0.200. The highest BCUT2D eigenvalue weighted by molar-refractivity contribution is 5.48. The van der Waals surface area contributed by atoms with Crippen molar-refractivity contribution in [2.24, 2.45) is 0 Å². The molecule has 0 bridgehead atoms. The Labute approximate surface area is 73.1 Å². The molecular weight excluding hydrogens is 152 g/mol. The van der Waals surface area contributed by atoms with Crippen LogP contribution in [0.1, 0.15) is 5.56 Å². The Hall–Kier alpha value is -1.28. The number of rotatable bonds is 2. The third-order valence-corrected chi connectivity index (χ3v) is 1.35. The van der Waals surface area contributed by atoms with Crippen molar-refractivity contribution in [1.29, 1.82) is 0 Å². The van der Waals surface area contributed by atoms with Crippen molar-refractivity contribution >= 4 is 6.08 Å². The number of hydrogen-bond acceptors (Lipinski definition) is 2. The van der Waals surface area contributed by atoms with Gasteiger partial charge in [0.2, 0.25) is 0 Å². The van der Waals surface area contributed by atoms with Gasteiger partial charge in [-0.3, -0.25) is 0 Å². The van der Waals surface area contributed by atoms with Crippen molar-refractivity contribution in [3.05, 3.63) is 36.4 Å². The van der Waals surface area contributed by atoms with E-state index in [4.69, 9.17) is 9.84 Å². The van der Waals surface area contributed by atoms with E-state index in [0.29, 0.717) is 0 Å². The van der Waals surface area contributed by atoms with Gasteiger partial charge in [-0.25, -0.2) is 0 Å². The van der Waals surface area contributed by atoms with Gasteiger partial charge in [-0.1, -0.05) is 24.8 Å². The second-order valence-electron chi connectivity index (χ2n) is 1.98. The molecular formula is C10H14O2. The fourth-order valence-electron chi connectivity index (χ4n) is 0.740. The Morgan fingerprint density at radius 2 is 1.75 bits per heavy atom. The Morgan fingerprint density at radius 3 is 2.08 bits per heavy atom. The molecule has 0 saturated carbocycles. The molecule has 0 saturated heterocycles. The van der Waals surface area contributed by atoms with Crippen molar-refractivity contribution in [2.75, 3.05) is 14.2 Å². The molecule has 0 aliphatic heterocycles. The molecule has 0 aromatic heterocycles. The Morgan fingerprint density at radius 1 is 1.25 bits per heavy atom. The van der Waals surface area contributed by atoms with Gasteiger partial charge in [-0.15, -0.1) is 0 Å². The Bertz CT molecular complexity index is 214. The summed E-state index contributed by atoms with van der Waals surface area (Å²) in [5, 5.41) is 7.00. The van der Waals surface area contributed by atoms with Gasteiger partial charge in [0.1, 0.15) is 5.75 Å². The summed E-state index contributed by atoms with van der Waals surface area (Å²) >= 11 is 0. The standard InChI is InChI=1S/C9H10O.CH4O/c1-3-8-4-6-9(10-2)7-5-8;1-2/h3-7H,1H2,2H3;2H,1H3. The molecule has 0 unspecified atom stereocenters. The van der Waals surface area contributed by atoms with E-state index in [9.17, 15) is 0 Å². The molecule has 2 heteroatoms. The Balaban J connectivity index is 0.000000561. The normalized spacial score (nSPS) is 7.92. The summed E-state index contributed by atoms with van der Waals surface area (Å²) < 4.78 is 4.98. The van der Waals surface area contributed by atoms with E-state index in [1.54, 1.807) is 13.2 Å². The second kappa shape index (κ2) is 6.43. The number of aliphatic hydroxyl groups is 1. The van der Waals surface area contributed by atoms with Gasteiger partial charge < -0.3 is 9.84 Å². The predicted molar refractivity (Wildman–Crippen MR) is 51.2 cm³/mol. The number of ether oxygens (including phenoxy) is 1. The van der Waals surface area contributed by atoms with E-state index in [1.807, 2.05) is 24.3 Å². The summed E-state index contributed by atoms with van der Waals surface area (Å²) in [4.78, 5) is 0. The predicted octanol–water partition coefficient (Wildman–Crippen LogP) is 1.95. The van der Waals surface area contributed by atoms with Crippen molar-refractivity contribution in [3.63, 3.8) is 0 Å². The van der Waals surface area contributed by atoms with E-state index >= 15 is 0 Å². The highest BCUT2D eigenvalue weighted by Gasteiger charge is 1.87. The minimum absolute atomic E-state index is 0.880. The smallest absolute Gasteiger partial charge is 0.118 e. The van der Waals surface area contributed by atoms with E-state index in [1.165, 1.54) is 0 Å². The van der Waals surface area contributed by atoms with Gasteiger partial charge in [0.25, 0.3) is 0 Å². The third kappa shape index (κ3) is 3.21. The summed E-state index contributed by atoms with van der Waals surface area (Å²) in [5.74, 6) is 0.880. The van der Waals surface area contributed by atoms with Crippen LogP contribution in [-0.2, 0) is 0 Å². The Kier molecular flexibility index (Phi) is 5.75. The lowest BCUT2D eigenvalue weighted by Crippen LogP contribution is -1.80. The van der Waals surface area contributed by atoms with Crippen LogP contribution < -0.4 is 4.74 Å². The number of benzene rings is 1. The molecule has 0 atom stereocenters. The highest BCUT2D eigenvalue weighted by atomic mass is 16.5. The molecule has 1 aromatic rings. The number of methoxy groups -OCH3 is 1. The average molecular weight is 166 g/mol. The minimum Gasteiger partial charge on any atom is -0.497 e. The van der Waals surface area contributed by atoms with Crippen LogP contribution in [0.25, 0.3) is 6.08 Å². The molecule has 1 aromatic carbocycles. The van der Waals surface area contributed by atoms with Gasteiger partial charge in [-0.05, 0) is 17.7 Å². The van der Waals surface area contributed by atoms with E-state index in [-0.39, 0.29) is 0 Å². The first-order valence-corrected chi connectivity index (χ1v) is 3.58. The van der Waals surface area contributed by atoms with Crippen LogP contribution in [0.4, 0.5) is 0 Å². The van der Waals surface area contributed by atoms with Crippen molar-refractivity contribution in [1.82, 2.24) is 0 Å². The maximum absolute atomic E-state index is 7.00. The van der Waals surface area contributed by atoms with Crippen LogP contribution in [0.15, 0.2) is 30.8 Å². The molecule has 0 radical (unpaired) electrons. The molecule has 0 aliphatic rings. The van der Waals surface area contributed by atoms with Gasteiger partial charge in [-0.2, -0.15) is 0 Å². The van der Waals surface area contributed by atoms with Crippen molar-refractivity contribution in [2.45, 2.75) is 0 Å². The van der Waals surface area contributed by atoms with Gasteiger partial charge >= 0.3 is 0 Å². The quantitative estimate of drug-likeness (QED) is 0.727. The van der Waals surface area contributed by atoms with Gasteiger partial charge in [0.05, 0.1) is 7.11 Å². The van der Waals surface area contributed by atoms with Crippen LogP contribution in [-0.4, -0.2) is 19.3 Å². The zero-order valence-corrected chi connectivity index (χ0v) is 7.45. The monoisotopic (exact) mass is 166 g/mol. The molecule has 0 spiro atoms. The first-order valence-electron chi connectivity index (χ1n) is 3.58. The SMILES string of the molecule is C=Cc1ccc(OC)cc1.CO. The van der Waals surface area contributed by atoms with Crippen LogP contribution in [0.2, 0.25) is 0 Å². The maximum Gasteiger partial charge on any atom is 0.118 e. The number of aliphatic hydroxyl groups excluding tert-OH is 1. The lowest BCUT2D eigenvalue weighted by atomic mass is 10.2. The highest BCUT2D eigenvalue weighted by Crippen LogP contribution is 2.11. The van der Waals surface area contributed by atoms with E-state index < -0.39 is 0 Å². The first kappa shape index (κ1) is 10.7. The molecule has 0 amide bonds. The zero-order chi connectivity index (χ0) is 9.40. The molecule has 0 aliphatic carbocycles. The van der Waals surface area contributed by atoms with E-state index in [0.717, 1.165) is 18.4 Å². The summed E-state index contributed by atoms with van der Waals surface area (Å²) in [6.07, 6.45) is 1.80. The van der Waals surface area contributed by atoms with Crippen LogP contribution in [0.5, 0.6) is 5.75 Å². The van der Waals surface area contributed by atoms with Crippen LogP contribution >= 0.6 is 0 Å². The minimum atomic E-state index is 0.880. The summed E-state index contributed by atoms with van der Waals surface area (Å²) in [6, 6.07) is 7.76. The fourth-order valence-corrected chi connectivity index (χ4v) is 0.740. The maximum atomic E-state index is 7.00. The zero-order valence-electron chi connectivity index (χ0n) is 7.45. The molecule has 0 fully saturated rings. The second-order valence-corrected chi connectivity index (χ2v) is 1.98. The topological polar surface area (TPSA) is 29.5 Å². The van der Waals surface area contributed by atoms with Crippen LogP contribution in [0, 0.1) is 0 Å². The molecule has 0 heterocycles. The summed E-state index contributed by atoms with van der Waals surface area (Å²) in [6.45, 7) is 3.65. The lowest BCUT2D eigenvalue weighted by Gasteiger charge is -1.97. The van der Waals surface area contributed by atoms with Crippen molar-refractivity contribution < 1.29 is 9.84 Å². The third-order valence-electron chi connectivity index (χ3n) is 1.35. The summed E-state index contributed by atoms with van der Waals surface area (Å²) in [5.41, 5.74) is 1.11. The largest absolute Gasteiger partial charge is 0.497 e.